The fraction of sp³-hybridized carbons (Fsp3) is 0.282. The molecule has 1 saturated heterocycles. The van der Waals surface area contributed by atoms with E-state index in [4.69, 9.17) is 24.2 Å². The number of carbonyl (C=O) groups excluding carboxylic acids is 2. The SMILES string of the molecule is CNCC(=O)OCc1ccc(C#N)cc1C(=O)O[C@@](Cn1cncn1)(c1ccc(F)cc1F)[C@@H](C)S[C@H]1CO[C@H](C=CC=Cc2ccc(C#N)cc2F)OC1. The summed E-state index contributed by atoms with van der Waals surface area (Å²) in [7, 11) is 1.57. The second kappa shape index (κ2) is 19.0. The fourth-order valence-corrected chi connectivity index (χ4v) is 7.02. The van der Waals surface area contributed by atoms with Gasteiger partial charge >= 0.3 is 11.9 Å². The molecule has 1 aliphatic rings. The van der Waals surface area contributed by atoms with Crippen molar-refractivity contribution >= 4 is 29.8 Å². The van der Waals surface area contributed by atoms with Crippen LogP contribution in [0.25, 0.3) is 6.08 Å². The van der Waals surface area contributed by atoms with Crippen LogP contribution in [0, 0.1) is 40.1 Å². The number of esters is 2. The molecule has 1 fully saturated rings. The third-order valence-corrected chi connectivity index (χ3v) is 9.87. The molecule has 3 aromatic carbocycles. The average Bonchev–Trinajstić information content (AvgIpc) is 3.69. The number of nitrogens with zero attached hydrogens (tertiary/aromatic N) is 5. The van der Waals surface area contributed by atoms with Gasteiger partial charge in [-0.2, -0.15) is 15.6 Å². The molecule has 1 N–H and O–H groups in total. The topological polar surface area (TPSA) is 161 Å². The Bertz CT molecular complexity index is 2130. The van der Waals surface area contributed by atoms with E-state index in [0.717, 1.165) is 12.1 Å². The van der Waals surface area contributed by atoms with Crippen LogP contribution in [-0.4, -0.2) is 70.3 Å². The van der Waals surface area contributed by atoms with E-state index in [-0.39, 0.29) is 66.0 Å². The summed E-state index contributed by atoms with van der Waals surface area (Å²) in [5.74, 6) is -3.92. The first-order valence-corrected chi connectivity index (χ1v) is 17.8. The van der Waals surface area contributed by atoms with Gasteiger partial charge in [0.05, 0.1) is 60.4 Å². The molecule has 2 atom stereocenters. The molecule has 1 aromatic heterocycles. The minimum Gasteiger partial charge on any atom is -0.460 e. The van der Waals surface area contributed by atoms with Crippen LogP contribution >= 0.6 is 11.8 Å². The van der Waals surface area contributed by atoms with E-state index in [2.05, 4.69) is 15.4 Å². The van der Waals surface area contributed by atoms with Crippen molar-refractivity contribution in [3.8, 4) is 12.1 Å². The van der Waals surface area contributed by atoms with Gasteiger partial charge in [0.25, 0.3) is 0 Å². The van der Waals surface area contributed by atoms with Crippen molar-refractivity contribution in [1.29, 1.82) is 10.5 Å². The first kappa shape index (κ1) is 40.4. The predicted molar refractivity (Wildman–Crippen MR) is 194 cm³/mol. The summed E-state index contributed by atoms with van der Waals surface area (Å²) in [6.45, 7) is 1.39. The number of carbonyl (C=O) groups is 2. The largest absolute Gasteiger partial charge is 0.460 e. The van der Waals surface area contributed by atoms with Gasteiger partial charge in [-0.05, 0) is 56.4 Å². The zero-order valence-corrected chi connectivity index (χ0v) is 30.5. The third kappa shape index (κ3) is 10.5. The zero-order valence-electron chi connectivity index (χ0n) is 29.7. The van der Waals surface area contributed by atoms with E-state index in [9.17, 15) is 23.6 Å². The van der Waals surface area contributed by atoms with Gasteiger partial charge in [0.15, 0.2) is 11.9 Å². The number of hydrogen-bond donors (Lipinski definition) is 1. The number of benzene rings is 3. The highest BCUT2D eigenvalue weighted by Crippen LogP contribution is 2.42. The number of hydrogen-bond acceptors (Lipinski definition) is 12. The van der Waals surface area contributed by atoms with Gasteiger partial charge in [-0.15, -0.1) is 11.8 Å². The maximum atomic E-state index is 15.9. The number of allylic oxidation sites excluding steroid dienone is 2. The Kier molecular flexibility index (Phi) is 14.0. The lowest BCUT2D eigenvalue weighted by Gasteiger charge is -2.40. The van der Waals surface area contributed by atoms with E-state index in [1.54, 1.807) is 32.2 Å². The molecular weight excluding hydrogens is 738 g/mol. The number of aromatic nitrogens is 3. The highest BCUT2D eigenvalue weighted by atomic mass is 32.2. The van der Waals surface area contributed by atoms with Crippen molar-refractivity contribution in [2.24, 2.45) is 0 Å². The molecule has 5 rings (SSSR count). The Balaban J connectivity index is 1.40. The lowest BCUT2D eigenvalue weighted by molar-refractivity contribution is -0.146. The maximum Gasteiger partial charge on any atom is 0.339 e. The Morgan fingerprint density at radius 2 is 1.80 bits per heavy atom. The second-order valence-corrected chi connectivity index (χ2v) is 13.8. The van der Waals surface area contributed by atoms with Crippen LogP contribution in [0.15, 0.2) is 85.5 Å². The van der Waals surface area contributed by atoms with Gasteiger partial charge in [-0.3, -0.25) is 4.79 Å². The lowest BCUT2D eigenvalue weighted by Crippen LogP contribution is -2.47. The Morgan fingerprint density at radius 3 is 2.47 bits per heavy atom. The van der Waals surface area contributed by atoms with Crippen molar-refractivity contribution in [3.63, 3.8) is 0 Å². The third-order valence-electron chi connectivity index (χ3n) is 8.42. The monoisotopic (exact) mass is 772 g/mol. The Hall–Kier alpha value is -5.78. The molecular formula is C39H35F3N6O6S. The molecule has 0 aliphatic carbocycles. The smallest absolute Gasteiger partial charge is 0.339 e. The number of thioether (sulfide) groups is 1. The molecule has 0 bridgehead atoms. The predicted octanol–water partition coefficient (Wildman–Crippen LogP) is 5.59. The molecule has 12 nitrogen and oxygen atoms in total. The molecule has 0 radical (unpaired) electrons. The molecule has 1 aliphatic heterocycles. The molecule has 284 valence electrons. The molecule has 16 heteroatoms. The summed E-state index contributed by atoms with van der Waals surface area (Å²) < 4.78 is 69.2. The standard InChI is InChI=1S/C39H35F3N6O6S/c1-25(55-31-20-52-37(53-21-31)6-4-3-5-28-9-7-27(17-44)14-34(28)41)39(22-48-24-46-23-47-48,33-12-11-30(40)15-35(33)42)54-38(50)32-13-26(16-43)8-10-29(32)19-51-36(49)18-45-2/h3-15,23-25,31,37,45H,18-22H2,1-2H3/t25-,31-,37-,39-/m1/s1. The number of ether oxygens (including phenoxy) is 4. The van der Waals surface area contributed by atoms with E-state index in [1.165, 1.54) is 71.6 Å². The van der Waals surface area contributed by atoms with Crippen LogP contribution in [0.5, 0.6) is 0 Å². The number of halogens is 3. The maximum absolute atomic E-state index is 15.9. The summed E-state index contributed by atoms with van der Waals surface area (Å²) >= 11 is 1.28. The minimum absolute atomic E-state index is 0.0839. The second-order valence-electron chi connectivity index (χ2n) is 12.2. The molecule has 2 heterocycles. The Morgan fingerprint density at radius 1 is 1.05 bits per heavy atom. The average molecular weight is 773 g/mol. The molecule has 0 unspecified atom stereocenters. The molecule has 0 saturated carbocycles. The van der Waals surface area contributed by atoms with Crippen molar-refractivity contribution in [3.05, 3.63) is 136 Å². The molecule has 4 aromatic rings. The van der Waals surface area contributed by atoms with Crippen LogP contribution in [0.1, 0.15) is 45.1 Å². The van der Waals surface area contributed by atoms with Gasteiger partial charge < -0.3 is 24.3 Å². The highest BCUT2D eigenvalue weighted by molar-refractivity contribution is 8.00. The number of nitriles is 2. The van der Waals surface area contributed by atoms with Gasteiger partial charge in [0.1, 0.15) is 36.7 Å². The number of likely N-dealkylation sites (N-methyl/N-ethyl adjacent to an activating group) is 1. The van der Waals surface area contributed by atoms with Crippen molar-refractivity contribution < 1.29 is 41.7 Å². The molecule has 55 heavy (non-hydrogen) atoms. The van der Waals surface area contributed by atoms with Gasteiger partial charge in [-0.1, -0.05) is 30.4 Å². The summed E-state index contributed by atoms with van der Waals surface area (Å²) in [4.78, 5) is 30.4. The summed E-state index contributed by atoms with van der Waals surface area (Å²) in [5.41, 5.74) is -1.27. The van der Waals surface area contributed by atoms with Crippen molar-refractivity contribution in [1.82, 2.24) is 20.1 Å². The Labute approximate surface area is 319 Å². The minimum atomic E-state index is -1.88. The quantitative estimate of drug-likeness (QED) is 0.118. The molecule has 0 spiro atoms. The number of rotatable bonds is 15. The fourth-order valence-electron chi connectivity index (χ4n) is 5.66. The summed E-state index contributed by atoms with van der Waals surface area (Å²) in [6.07, 6.45) is 8.30. The van der Waals surface area contributed by atoms with Crippen LogP contribution in [0.4, 0.5) is 13.2 Å². The summed E-state index contributed by atoms with van der Waals surface area (Å²) in [5, 5.41) is 24.3. The zero-order chi connectivity index (χ0) is 39.4. The lowest BCUT2D eigenvalue weighted by atomic mass is 9.89. The molecule has 0 amide bonds. The first-order valence-electron chi connectivity index (χ1n) is 16.8. The van der Waals surface area contributed by atoms with Crippen molar-refractivity contribution in [2.75, 3.05) is 26.8 Å². The van der Waals surface area contributed by atoms with Gasteiger partial charge in [-0.25, -0.2) is 27.6 Å². The van der Waals surface area contributed by atoms with Crippen LogP contribution in [0.2, 0.25) is 0 Å². The van der Waals surface area contributed by atoms with Crippen molar-refractivity contribution in [2.45, 2.75) is 42.5 Å². The van der Waals surface area contributed by atoms with E-state index in [1.807, 2.05) is 12.1 Å². The van der Waals surface area contributed by atoms with E-state index in [0.29, 0.717) is 11.6 Å². The van der Waals surface area contributed by atoms with Gasteiger partial charge in [0.2, 0.25) is 0 Å². The normalized spacial score (nSPS) is 17.3. The first-order chi connectivity index (χ1) is 26.5. The van der Waals surface area contributed by atoms with E-state index < -0.39 is 46.5 Å². The van der Waals surface area contributed by atoms with Crippen LogP contribution in [-0.2, 0) is 42.5 Å². The van der Waals surface area contributed by atoms with Crippen LogP contribution in [0.3, 0.4) is 0 Å². The highest BCUT2D eigenvalue weighted by Gasteiger charge is 2.47. The van der Waals surface area contributed by atoms with Gasteiger partial charge in [0, 0.05) is 28.0 Å². The number of nitrogens with one attached hydrogen (secondary N) is 1. The summed E-state index contributed by atoms with van der Waals surface area (Å²) in [6, 6.07) is 15.2. The van der Waals surface area contributed by atoms with Crippen LogP contribution < -0.4 is 5.32 Å². The van der Waals surface area contributed by atoms with E-state index >= 15 is 4.39 Å².